The molecule has 5 nitrogen and oxygen atoms in total. The smallest absolute Gasteiger partial charge is 0.164 e. The lowest BCUT2D eigenvalue weighted by molar-refractivity contribution is 0.807. The van der Waals surface area contributed by atoms with Gasteiger partial charge in [0.25, 0.3) is 0 Å². The summed E-state index contributed by atoms with van der Waals surface area (Å²) in [5.41, 5.74) is 16.3. The molecule has 0 saturated carbocycles. The van der Waals surface area contributed by atoms with Crippen molar-refractivity contribution in [1.29, 1.82) is 0 Å². The standard InChI is InChI=1S/C59H39N5/c1-3-14-39(15-4-1)57-60-58(62-59(61-57)46-28-31-50-49-24-11-12-25-53(49)63(54(50)37-46)47-22-5-2-6-23-47)45-21-13-20-40(32-45)38-26-29-48(30-27-38)64-55-35-43-18-9-7-16-41(43)33-51(55)52-34-42-17-8-10-19-44(42)36-56(52)64/h1-35,37,56H,36H2. The number of nitrogens with zero attached hydrogens (tertiary/aromatic N) is 5. The number of hydrogen-bond donors (Lipinski definition) is 0. The van der Waals surface area contributed by atoms with E-state index in [1.165, 1.54) is 55.2 Å². The molecule has 0 saturated heterocycles. The molecule has 300 valence electrons. The summed E-state index contributed by atoms with van der Waals surface area (Å²) in [5.74, 6) is 1.89. The lowest BCUT2D eigenvalue weighted by Crippen LogP contribution is -2.30. The van der Waals surface area contributed by atoms with Gasteiger partial charge in [-0.1, -0.05) is 158 Å². The highest BCUT2D eigenvalue weighted by molar-refractivity contribution is 6.10. The number of anilines is 2. The van der Waals surface area contributed by atoms with Crippen molar-refractivity contribution in [2.24, 2.45) is 0 Å². The van der Waals surface area contributed by atoms with Crippen molar-refractivity contribution >= 4 is 55.6 Å². The third-order valence-electron chi connectivity index (χ3n) is 13.1. The summed E-state index contributed by atoms with van der Waals surface area (Å²) in [5, 5.41) is 4.91. The topological polar surface area (TPSA) is 46.8 Å². The second-order valence-electron chi connectivity index (χ2n) is 16.8. The maximum absolute atomic E-state index is 5.22. The number of rotatable bonds is 6. The molecule has 11 aromatic rings. The van der Waals surface area contributed by atoms with Crippen LogP contribution in [0.1, 0.15) is 16.7 Å². The maximum Gasteiger partial charge on any atom is 0.164 e. The highest BCUT2D eigenvalue weighted by Gasteiger charge is 2.37. The quantitative estimate of drug-likeness (QED) is 0.168. The average molecular weight is 818 g/mol. The van der Waals surface area contributed by atoms with Crippen molar-refractivity contribution in [3.63, 3.8) is 0 Å². The normalized spacial score (nSPS) is 14.1. The molecule has 9 aromatic carbocycles. The van der Waals surface area contributed by atoms with Gasteiger partial charge in [-0.2, -0.15) is 0 Å². The van der Waals surface area contributed by atoms with Gasteiger partial charge in [-0.05, 0) is 106 Å². The van der Waals surface area contributed by atoms with Crippen molar-refractivity contribution in [2.75, 3.05) is 4.90 Å². The van der Waals surface area contributed by atoms with Crippen molar-refractivity contribution in [3.8, 4) is 51.0 Å². The van der Waals surface area contributed by atoms with Crippen molar-refractivity contribution < 1.29 is 0 Å². The number of aromatic nitrogens is 4. The van der Waals surface area contributed by atoms with Crippen LogP contribution in [-0.2, 0) is 6.42 Å². The Morgan fingerprint density at radius 1 is 0.406 bits per heavy atom. The number of fused-ring (bicyclic) bond motifs is 8. The van der Waals surface area contributed by atoms with Gasteiger partial charge >= 0.3 is 0 Å². The zero-order valence-corrected chi connectivity index (χ0v) is 34.8. The van der Waals surface area contributed by atoms with E-state index >= 15 is 0 Å². The van der Waals surface area contributed by atoms with E-state index in [4.69, 9.17) is 15.0 Å². The molecular weight excluding hydrogens is 779 g/mol. The van der Waals surface area contributed by atoms with Crippen LogP contribution in [0.5, 0.6) is 0 Å². The molecular formula is C59H39N5. The summed E-state index contributed by atoms with van der Waals surface area (Å²) in [7, 11) is 0. The summed E-state index contributed by atoms with van der Waals surface area (Å²) in [6.45, 7) is 0. The lowest BCUT2D eigenvalue weighted by atomic mass is 9.86. The van der Waals surface area contributed by atoms with Crippen molar-refractivity contribution in [1.82, 2.24) is 19.5 Å². The van der Waals surface area contributed by atoms with E-state index in [9.17, 15) is 0 Å². The van der Waals surface area contributed by atoms with Crippen LogP contribution in [0.2, 0.25) is 0 Å². The molecule has 64 heavy (non-hydrogen) atoms. The average Bonchev–Trinajstić information content (AvgIpc) is 3.86. The Kier molecular flexibility index (Phi) is 8.28. The number of hydrogen-bond acceptors (Lipinski definition) is 4. The van der Waals surface area contributed by atoms with E-state index in [0.29, 0.717) is 17.5 Å². The summed E-state index contributed by atoms with van der Waals surface area (Å²) in [6.07, 6.45) is 3.37. The monoisotopic (exact) mass is 817 g/mol. The SMILES string of the molecule is C1=C2c3cc4ccccc4cc3N(c3ccc(-c4cccc(-c5nc(-c6ccccc6)nc(-c6ccc7c8ccccc8n(-c8ccccc8)c7c6)n5)c4)cc3)C2Cc2ccccc21. The molecule has 1 aliphatic heterocycles. The Balaban J connectivity index is 0.892. The third kappa shape index (κ3) is 5.97. The van der Waals surface area contributed by atoms with Gasteiger partial charge < -0.3 is 9.47 Å². The first-order valence-corrected chi connectivity index (χ1v) is 21.9. The van der Waals surface area contributed by atoms with Crippen LogP contribution in [0, 0.1) is 0 Å². The van der Waals surface area contributed by atoms with Gasteiger partial charge in [-0.3, -0.25) is 0 Å². The maximum atomic E-state index is 5.22. The van der Waals surface area contributed by atoms with E-state index in [-0.39, 0.29) is 6.04 Å². The molecule has 2 aromatic heterocycles. The zero-order chi connectivity index (χ0) is 42.1. The van der Waals surface area contributed by atoms with Gasteiger partial charge in [0.2, 0.25) is 0 Å². The highest BCUT2D eigenvalue weighted by atomic mass is 15.2. The van der Waals surface area contributed by atoms with Crippen LogP contribution in [0.15, 0.2) is 212 Å². The summed E-state index contributed by atoms with van der Waals surface area (Å²) < 4.78 is 2.33. The molecule has 1 atom stereocenters. The fourth-order valence-corrected chi connectivity index (χ4v) is 10.0. The predicted molar refractivity (Wildman–Crippen MR) is 264 cm³/mol. The lowest BCUT2D eigenvalue weighted by Gasteiger charge is -2.31. The molecule has 0 radical (unpaired) electrons. The first kappa shape index (κ1) is 36.3. The molecule has 0 N–H and O–H groups in total. The van der Waals surface area contributed by atoms with E-state index in [1.807, 2.05) is 18.2 Å². The number of benzene rings is 9. The van der Waals surface area contributed by atoms with Crippen LogP contribution < -0.4 is 4.90 Å². The molecule has 0 bridgehead atoms. The van der Waals surface area contributed by atoms with Crippen LogP contribution in [0.25, 0.3) is 95.2 Å². The zero-order valence-electron chi connectivity index (χ0n) is 34.8. The third-order valence-corrected chi connectivity index (χ3v) is 13.1. The first-order valence-electron chi connectivity index (χ1n) is 21.9. The fourth-order valence-electron chi connectivity index (χ4n) is 10.0. The van der Waals surface area contributed by atoms with E-state index in [1.54, 1.807) is 0 Å². The summed E-state index contributed by atoms with van der Waals surface area (Å²) in [6, 6.07) is 76.1. The molecule has 0 spiro atoms. The van der Waals surface area contributed by atoms with Gasteiger partial charge in [0.15, 0.2) is 17.5 Å². The minimum atomic E-state index is 0.218. The molecule has 13 rings (SSSR count). The van der Waals surface area contributed by atoms with Gasteiger partial charge in [-0.25, -0.2) is 15.0 Å². The largest absolute Gasteiger partial charge is 0.333 e. The fraction of sp³-hybridized carbons (Fsp3) is 0.0339. The second-order valence-corrected chi connectivity index (χ2v) is 16.8. The van der Waals surface area contributed by atoms with Crippen molar-refractivity contribution in [3.05, 3.63) is 229 Å². The van der Waals surface area contributed by atoms with Crippen LogP contribution in [-0.4, -0.2) is 25.6 Å². The Labute approximate surface area is 370 Å². The van der Waals surface area contributed by atoms with Crippen LogP contribution in [0.3, 0.4) is 0 Å². The molecule has 0 fully saturated rings. The molecule has 1 unspecified atom stereocenters. The molecule has 2 aliphatic rings. The predicted octanol–water partition coefficient (Wildman–Crippen LogP) is 14.4. The minimum Gasteiger partial charge on any atom is -0.333 e. The first-order chi connectivity index (χ1) is 31.7. The summed E-state index contributed by atoms with van der Waals surface area (Å²) in [4.78, 5) is 18.0. The molecule has 0 amide bonds. The second kappa shape index (κ2) is 14.6. The molecule has 5 heteroatoms. The van der Waals surface area contributed by atoms with E-state index in [2.05, 4.69) is 210 Å². The van der Waals surface area contributed by atoms with Gasteiger partial charge in [-0.15, -0.1) is 0 Å². The van der Waals surface area contributed by atoms with E-state index < -0.39 is 0 Å². The molecule has 3 heterocycles. The van der Waals surface area contributed by atoms with E-state index in [0.717, 1.165) is 51.0 Å². The van der Waals surface area contributed by atoms with Crippen LogP contribution >= 0.6 is 0 Å². The van der Waals surface area contributed by atoms with Gasteiger partial charge in [0, 0.05) is 50.1 Å². The Morgan fingerprint density at radius 2 is 1.02 bits per heavy atom. The van der Waals surface area contributed by atoms with Crippen molar-refractivity contribution in [2.45, 2.75) is 12.5 Å². The van der Waals surface area contributed by atoms with Crippen LogP contribution in [0.4, 0.5) is 11.4 Å². The Bertz CT molecular complexity index is 3640. The van der Waals surface area contributed by atoms with Gasteiger partial charge in [0.05, 0.1) is 17.1 Å². The highest BCUT2D eigenvalue weighted by Crippen LogP contribution is 2.50. The van der Waals surface area contributed by atoms with Gasteiger partial charge in [0.1, 0.15) is 0 Å². The minimum absolute atomic E-state index is 0.218. The summed E-state index contributed by atoms with van der Waals surface area (Å²) >= 11 is 0. The molecule has 1 aliphatic carbocycles. The number of para-hydroxylation sites is 2. The Morgan fingerprint density at radius 3 is 1.83 bits per heavy atom. The Hall–Kier alpha value is -8.41.